The van der Waals surface area contributed by atoms with Gasteiger partial charge in [-0.3, -0.25) is 19.5 Å². The van der Waals surface area contributed by atoms with Crippen molar-refractivity contribution in [2.24, 2.45) is 0 Å². The number of pyridine rings is 1. The molecule has 1 amide bonds. The van der Waals surface area contributed by atoms with Crippen LogP contribution < -0.4 is 16.4 Å². The normalized spacial score (nSPS) is 10.7. The molecule has 2 heterocycles. The highest BCUT2D eigenvalue weighted by Crippen LogP contribution is 2.18. The van der Waals surface area contributed by atoms with Gasteiger partial charge in [-0.15, -0.1) is 0 Å². The number of aromatic amines is 1. The summed E-state index contributed by atoms with van der Waals surface area (Å²) in [4.78, 5) is 41.1. The maximum atomic E-state index is 12.5. The second kappa shape index (κ2) is 7.32. The highest BCUT2D eigenvalue weighted by Gasteiger charge is 2.11. The van der Waals surface area contributed by atoms with E-state index in [1.807, 2.05) is 36.4 Å². The van der Waals surface area contributed by atoms with E-state index in [1.54, 1.807) is 36.5 Å². The molecule has 0 bridgehead atoms. The van der Waals surface area contributed by atoms with Gasteiger partial charge in [0.05, 0.1) is 10.8 Å². The lowest BCUT2D eigenvalue weighted by atomic mass is 10.1. The number of carbonyl (C=O) groups excluding carboxylic acids is 1. The molecule has 7 nitrogen and oxygen atoms in total. The highest BCUT2D eigenvalue weighted by atomic mass is 16.2. The molecule has 0 fully saturated rings. The van der Waals surface area contributed by atoms with Gasteiger partial charge in [-0.05, 0) is 29.8 Å². The predicted molar refractivity (Wildman–Crippen MR) is 107 cm³/mol. The monoisotopic (exact) mass is 372 g/mol. The van der Waals surface area contributed by atoms with E-state index >= 15 is 0 Å². The summed E-state index contributed by atoms with van der Waals surface area (Å²) in [5.41, 5.74) is 1.09. The van der Waals surface area contributed by atoms with Gasteiger partial charge < -0.3 is 5.32 Å². The van der Waals surface area contributed by atoms with E-state index in [0.717, 1.165) is 15.8 Å². The number of amides is 1. The van der Waals surface area contributed by atoms with E-state index in [-0.39, 0.29) is 11.9 Å². The zero-order chi connectivity index (χ0) is 19.5. The third-order valence-corrected chi connectivity index (χ3v) is 4.32. The number of rotatable bonds is 4. The maximum Gasteiger partial charge on any atom is 0.273 e. The van der Waals surface area contributed by atoms with Crippen LogP contribution in [0.1, 0.15) is 0 Å². The SMILES string of the molecule is O=C(Cn1[nH]c(=O)c2ccccc2c1=O)Nc1ccc(-c2ccccc2)cn1. The van der Waals surface area contributed by atoms with Crippen molar-refractivity contribution >= 4 is 22.5 Å². The number of aromatic nitrogens is 3. The van der Waals surface area contributed by atoms with Crippen molar-refractivity contribution in [2.45, 2.75) is 6.54 Å². The molecule has 0 aliphatic heterocycles. The molecule has 4 rings (SSSR count). The first-order valence-electron chi connectivity index (χ1n) is 8.65. The van der Waals surface area contributed by atoms with Crippen molar-refractivity contribution in [2.75, 3.05) is 5.32 Å². The number of nitrogens with zero attached hydrogens (tertiary/aromatic N) is 2. The van der Waals surface area contributed by atoms with Gasteiger partial charge in [0, 0.05) is 11.8 Å². The van der Waals surface area contributed by atoms with Crippen molar-refractivity contribution < 1.29 is 4.79 Å². The predicted octanol–water partition coefficient (Wildman–Crippen LogP) is 2.39. The quantitative estimate of drug-likeness (QED) is 0.575. The van der Waals surface area contributed by atoms with Gasteiger partial charge in [-0.25, -0.2) is 9.67 Å². The first kappa shape index (κ1) is 17.4. The Labute approximate surface area is 159 Å². The van der Waals surface area contributed by atoms with Crippen LogP contribution >= 0.6 is 0 Å². The van der Waals surface area contributed by atoms with Crippen LogP contribution in [0.2, 0.25) is 0 Å². The Bertz CT molecular complexity index is 1260. The van der Waals surface area contributed by atoms with Gasteiger partial charge in [-0.1, -0.05) is 42.5 Å². The maximum absolute atomic E-state index is 12.5. The molecule has 0 aliphatic rings. The molecule has 138 valence electrons. The van der Waals surface area contributed by atoms with Gasteiger partial charge in [0.25, 0.3) is 11.1 Å². The van der Waals surface area contributed by atoms with Gasteiger partial charge in [-0.2, -0.15) is 0 Å². The van der Waals surface area contributed by atoms with Crippen molar-refractivity contribution in [1.82, 2.24) is 14.8 Å². The number of carbonyl (C=O) groups is 1. The molecule has 0 radical (unpaired) electrons. The van der Waals surface area contributed by atoms with E-state index in [0.29, 0.717) is 11.2 Å². The zero-order valence-electron chi connectivity index (χ0n) is 14.8. The Kier molecular flexibility index (Phi) is 4.55. The first-order valence-corrected chi connectivity index (χ1v) is 8.65. The molecule has 4 aromatic rings. The fourth-order valence-electron chi connectivity index (χ4n) is 2.95. The van der Waals surface area contributed by atoms with E-state index in [4.69, 9.17) is 0 Å². The van der Waals surface area contributed by atoms with Crippen molar-refractivity contribution in [1.29, 1.82) is 0 Å². The third-order valence-electron chi connectivity index (χ3n) is 4.32. The van der Waals surface area contributed by atoms with E-state index in [9.17, 15) is 14.4 Å². The van der Waals surface area contributed by atoms with Crippen LogP contribution in [0.15, 0.2) is 82.5 Å². The van der Waals surface area contributed by atoms with Crippen LogP contribution in [0.5, 0.6) is 0 Å². The number of benzene rings is 2. The minimum Gasteiger partial charge on any atom is -0.309 e. The molecule has 0 saturated heterocycles. The Morgan fingerprint density at radius 2 is 1.61 bits per heavy atom. The summed E-state index contributed by atoms with van der Waals surface area (Å²) in [5, 5.41) is 5.63. The molecular formula is C21H16N4O3. The summed E-state index contributed by atoms with van der Waals surface area (Å²) in [6, 6.07) is 19.8. The summed E-state index contributed by atoms with van der Waals surface area (Å²) in [6.07, 6.45) is 1.66. The lowest BCUT2D eigenvalue weighted by molar-refractivity contribution is -0.117. The Morgan fingerprint density at radius 1 is 0.893 bits per heavy atom. The molecule has 0 saturated carbocycles. The van der Waals surface area contributed by atoms with Crippen LogP contribution in [0.4, 0.5) is 5.82 Å². The molecule has 0 unspecified atom stereocenters. The smallest absolute Gasteiger partial charge is 0.273 e. The number of fused-ring (bicyclic) bond motifs is 1. The van der Waals surface area contributed by atoms with E-state index < -0.39 is 17.0 Å². The van der Waals surface area contributed by atoms with Gasteiger partial charge in [0.1, 0.15) is 12.4 Å². The summed E-state index contributed by atoms with van der Waals surface area (Å²) >= 11 is 0. The molecule has 2 N–H and O–H groups in total. The number of nitrogens with one attached hydrogen (secondary N) is 2. The average Bonchev–Trinajstić information content (AvgIpc) is 2.73. The lowest BCUT2D eigenvalue weighted by Gasteiger charge is -2.08. The summed E-state index contributed by atoms with van der Waals surface area (Å²) in [7, 11) is 0. The first-order chi connectivity index (χ1) is 13.6. The van der Waals surface area contributed by atoms with Crippen molar-refractivity contribution in [3.05, 3.63) is 93.6 Å². The minimum absolute atomic E-state index is 0.268. The Balaban J connectivity index is 1.52. The lowest BCUT2D eigenvalue weighted by Crippen LogP contribution is -2.34. The molecule has 2 aromatic carbocycles. The largest absolute Gasteiger partial charge is 0.309 e. The molecule has 2 aromatic heterocycles. The second-order valence-corrected chi connectivity index (χ2v) is 6.22. The fourth-order valence-corrected chi connectivity index (χ4v) is 2.95. The molecule has 28 heavy (non-hydrogen) atoms. The zero-order valence-corrected chi connectivity index (χ0v) is 14.8. The van der Waals surface area contributed by atoms with Crippen LogP contribution in [0.3, 0.4) is 0 Å². The van der Waals surface area contributed by atoms with E-state index in [1.165, 1.54) is 0 Å². The van der Waals surface area contributed by atoms with Gasteiger partial charge in [0.15, 0.2) is 0 Å². The number of H-pyrrole nitrogens is 1. The fraction of sp³-hybridized carbons (Fsp3) is 0.0476. The van der Waals surface area contributed by atoms with Crippen LogP contribution in [-0.2, 0) is 11.3 Å². The topological polar surface area (TPSA) is 96.9 Å². The van der Waals surface area contributed by atoms with Gasteiger partial charge >= 0.3 is 0 Å². The summed E-state index contributed by atoms with van der Waals surface area (Å²) < 4.78 is 0.998. The summed E-state index contributed by atoms with van der Waals surface area (Å²) in [6.45, 7) is -0.318. The molecule has 0 spiro atoms. The highest BCUT2D eigenvalue weighted by molar-refractivity contribution is 5.90. The molecule has 0 aliphatic carbocycles. The van der Waals surface area contributed by atoms with Crippen LogP contribution in [0, 0.1) is 0 Å². The Hall–Kier alpha value is -4.00. The van der Waals surface area contributed by atoms with Gasteiger partial charge in [0.2, 0.25) is 5.91 Å². The number of hydrogen-bond acceptors (Lipinski definition) is 4. The second-order valence-electron chi connectivity index (χ2n) is 6.22. The third kappa shape index (κ3) is 3.45. The minimum atomic E-state index is -0.465. The molecule has 7 heteroatoms. The number of anilines is 1. The van der Waals surface area contributed by atoms with Crippen LogP contribution in [0.25, 0.3) is 21.9 Å². The van der Waals surface area contributed by atoms with Crippen molar-refractivity contribution in [3.63, 3.8) is 0 Å². The number of hydrogen-bond donors (Lipinski definition) is 2. The van der Waals surface area contributed by atoms with E-state index in [2.05, 4.69) is 15.4 Å². The standard InChI is InChI=1S/C21H16N4O3/c26-19(13-25-21(28)17-9-5-4-8-16(17)20(27)24-25)23-18-11-10-15(12-22-18)14-6-2-1-3-7-14/h1-12H,13H2,(H,24,27)(H,22,23,26). The van der Waals surface area contributed by atoms with Crippen molar-refractivity contribution in [3.8, 4) is 11.1 Å². The molecular weight excluding hydrogens is 356 g/mol. The van der Waals surface area contributed by atoms with Crippen LogP contribution in [-0.4, -0.2) is 20.7 Å². The molecule has 0 atom stereocenters. The summed E-state index contributed by atoms with van der Waals surface area (Å²) in [5.74, 6) is -0.103. The average molecular weight is 372 g/mol. The Morgan fingerprint density at radius 3 is 2.32 bits per heavy atom.